The number of benzene rings is 6. The number of aromatic amines is 1. The van der Waals surface area contributed by atoms with Crippen LogP contribution in [0.25, 0.3) is 77.8 Å². The van der Waals surface area contributed by atoms with Crippen molar-refractivity contribution >= 4 is 77.9 Å². The zero-order chi connectivity index (χ0) is 64.9. The van der Waals surface area contributed by atoms with Crippen LogP contribution in [0, 0.1) is 23.3 Å². The Balaban J connectivity index is 0.000000301. The van der Waals surface area contributed by atoms with Gasteiger partial charge < -0.3 is 32.5 Å². The van der Waals surface area contributed by atoms with E-state index < -0.39 is 47.6 Å². The summed E-state index contributed by atoms with van der Waals surface area (Å²) < 4.78 is 88.7. The van der Waals surface area contributed by atoms with Crippen molar-refractivity contribution in [3.8, 4) is 45.4 Å². The van der Waals surface area contributed by atoms with Crippen LogP contribution in [0.5, 0.6) is 11.5 Å². The number of aromatic nitrogens is 12. The van der Waals surface area contributed by atoms with Gasteiger partial charge in [-0.3, -0.25) is 33.0 Å². The van der Waals surface area contributed by atoms with Crippen LogP contribution in [0.2, 0.25) is 0 Å². The number of nitrogens with zero attached hydrogens (tertiary/aromatic N) is 11. The van der Waals surface area contributed by atoms with Crippen LogP contribution in [-0.2, 0) is 9.68 Å². The third-order valence-corrected chi connectivity index (χ3v) is 13.4. The number of carbonyl (C=O) groups is 1. The third kappa shape index (κ3) is 16.5. The van der Waals surface area contributed by atoms with Crippen LogP contribution in [-0.4, -0.2) is 84.8 Å². The van der Waals surface area contributed by atoms with Gasteiger partial charge >= 0.3 is 103 Å². The van der Waals surface area contributed by atoms with E-state index in [1.807, 2.05) is 58.9 Å². The van der Waals surface area contributed by atoms with Crippen LogP contribution in [0.15, 0.2) is 156 Å². The summed E-state index contributed by atoms with van der Waals surface area (Å²) in [7, 11) is -1.00. The van der Waals surface area contributed by atoms with Crippen LogP contribution in [0.3, 0.4) is 0 Å². The van der Waals surface area contributed by atoms with E-state index in [1.165, 1.54) is 58.2 Å². The molecule has 0 aliphatic rings. The fraction of sp³-hybridized carbons (Fsp3) is 0.177. The number of rotatable bonds is 12. The average molecular weight is 1370 g/mol. The molecule has 91 heavy (non-hydrogen) atoms. The molecule has 0 radical (unpaired) electrons. The Kier molecular flexibility index (Phi) is 26.1. The number of para-hydroxylation sites is 2. The molecule has 5 N–H and O–H groups in total. The molecular formula is C62H58BrF5K2N14O7. The number of ether oxygens (including phenoxy) is 2. The summed E-state index contributed by atoms with van der Waals surface area (Å²) in [5, 5.41) is 21.0. The van der Waals surface area contributed by atoms with Crippen LogP contribution < -0.4 is 140 Å². The van der Waals surface area contributed by atoms with E-state index in [2.05, 4.69) is 55.9 Å². The number of hydrogen-bond donors (Lipinski definition) is 3. The second kappa shape index (κ2) is 33.3. The fourth-order valence-corrected chi connectivity index (χ4v) is 9.59. The van der Waals surface area contributed by atoms with E-state index in [4.69, 9.17) is 42.4 Å². The first-order valence-electron chi connectivity index (χ1n) is 27.5. The first-order chi connectivity index (χ1) is 43.2. The minimum Gasteiger partial charge on any atom is -1.00 e. The van der Waals surface area contributed by atoms with Crippen molar-refractivity contribution < 1.29 is 153 Å². The van der Waals surface area contributed by atoms with Crippen LogP contribution in [0.1, 0.15) is 68.3 Å². The van der Waals surface area contributed by atoms with Crippen molar-refractivity contribution in [1.29, 1.82) is 0 Å². The van der Waals surface area contributed by atoms with Gasteiger partial charge in [0.05, 0.1) is 64.4 Å². The molecule has 0 amide bonds. The zero-order valence-corrected chi connectivity index (χ0v) is 58.0. The van der Waals surface area contributed by atoms with Crippen molar-refractivity contribution in [2.75, 3.05) is 18.6 Å². The molecular weight excluding hydrogens is 1310 g/mol. The Labute approximate surface area is 613 Å². The van der Waals surface area contributed by atoms with E-state index in [1.54, 1.807) is 84.4 Å². The SMILES string of the molecule is CC(Br)c1nc2cccc(F)c2c(=O)n1-c1ccccc1.CC(C)Oc1ccc(-c2[nH]nc3ncnc(N)c23)cc1F.CC(C)Oc1ccc(-c2nn(C(C)c3nc4cccc(F)c4c(=O)n3-c3ccccc3)c3ncnc(N)c23)cc1F.O=CO[O-].[2HH].[2H]CF.[H-].[K+].[K+]. The molecule has 2 unspecified atom stereocenters. The minimum absolute atomic E-state index is 0. The number of carbonyl (C=O) groups excluding carboxylic acids is 1. The quantitative estimate of drug-likeness (QED) is 0.0347. The molecule has 21 nitrogen and oxygen atoms in total. The number of nitrogens with one attached hydrogen (secondary N) is 1. The molecule has 462 valence electrons. The van der Waals surface area contributed by atoms with Gasteiger partial charge in [0.1, 0.15) is 70.1 Å². The van der Waals surface area contributed by atoms with E-state index in [0.717, 1.165) is 0 Å². The monoisotopic (exact) mass is 1360 g/mol. The zero-order valence-electron chi connectivity index (χ0n) is 52.1. The average Bonchev–Trinajstić information content (AvgIpc) is 1.37. The van der Waals surface area contributed by atoms with Gasteiger partial charge in [0.15, 0.2) is 34.4 Å². The molecule has 0 fully saturated rings. The van der Waals surface area contributed by atoms with Gasteiger partial charge in [-0.1, -0.05) is 64.5 Å². The molecule has 6 aromatic carbocycles. The Morgan fingerprint density at radius 3 is 1.58 bits per heavy atom. The molecule has 0 aliphatic carbocycles. The summed E-state index contributed by atoms with van der Waals surface area (Å²) in [5.41, 5.74) is 15.7. The molecule has 0 saturated carbocycles. The molecule has 0 bridgehead atoms. The first-order valence-corrected chi connectivity index (χ1v) is 27.8. The van der Waals surface area contributed by atoms with Crippen LogP contribution in [0.4, 0.5) is 33.6 Å². The number of H-pyrrole nitrogens is 1. The van der Waals surface area contributed by atoms with Crippen molar-refractivity contribution in [3.63, 3.8) is 0 Å². The van der Waals surface area contributed by atoms with E-state index in [9.17, 15) is 31.5 Å². The summed E-state index contributed by atoms with van der Waals surface area (Å²) in [6.07, 6.45) is 2.34. The maximum absolute atomic E-state index is 15.0. The number of nitrogen functional groups attached to an aromatic ring is 2. The molecule has 0 aliphatic heterocycles. The van der Waals surface area contributed by atoms with Gasteiger partial charge in [-0.25, -0.2) is 52.1 Å². The number of anilines is 2. The minimum atomic E-state index is -1.00. The van der Waals surface area contributed by atoms with Crippen molar-refractivity contribution in [1.82, 2.24) is 59.0 Å². The fourth-order valence-electron chi connectivity index (χ4n) is 9.28. The van der Waals surface area contributed by atoms with E-state index >= 15 is 0 Å². The predicted octanol–water partition coefficient (Wildman–Crippen LogP) is 5.35. The Bertz CT molecular complexity index is 4650. The smallest absolute Gasteiger partial charge is 1.00 e. The molecule has 6 heterocycles. The molecule has 6 aromatic heterocycles. The number of alkyl halides is 2. The first kappa shape index (κ1) is 71.2. The predicted molar refractivity (Wildman–Crippen MR) is 331 cm³/mol. The Hall–Kier alpha value is -7.27. The van der Waals surface area contributed by atoms with Gasteiger partial charge in [-0.2, -0.15) is 10.2 Å². The summed E-state index contributed by atoms with van der Waals surface area (Å²) >= 11 is 3.45. The Morgan fingerprint density at radius 2 is 1.10 bits per heavy atom. The van der Waals surface area contributed by atoms with Gasteiger partial charge in [-0.15, -0.1) is 0 Å². The van der Waals surface area contributed by atoms with E-state index in [-0.39, 0.29) is 163 Å². The summed E-state index contributed by atoms with van der Waals surface area (Å²) in [4.78, 5) is 63.3. The number of hydrogen-bond acceptors (Lipinski definition) is 17. The number of fused-ring (bicyclic) bond motifs is 4. The third-order valence-electron chi connectivity index (χ3n) is 13.0. The van der Waals surface area contributed by atoms with Gasteiger partial charge in [0, 0.05) is 12.6 Å². The standard InChI is InChI=1S/C30H25F2N7O2.C16H12BrFN2O.C14H14FN5O.CH3F.CH2O3.2K.H2.H/c1-16(2)41-23-13-12-18(14-21(23)32)26-25-27(33)34-15-35-29(25)39(37-26)17(3)28-36-22-11-7-10-20(31)24(22)30(40)38(28)19-8-5-4-6-9-19;1-10(17)15-19-13-9-5-8-12(18)14(13)16(21)20(15)11-6-3-2-4-7-11;1-7(2)21-10-4-3-8(5-9(10)15)12-11-13(16)17-6-18-14(11)20-19-12;1-2;2-1-4-3;;;;/h4-17H,1-3H3,(H2,33,34,35);2-10H,1H3;3-7H,1-2H3,(H3,16,17,18,19,20);1H3;1,3H;;;1H;/q;;;;;2*+1;;-1/p-1/i;;;1D;;;;1+1;. The molecule has 12 aromatic rings. The number of halogens is 6. The van der Waals surface area contributed by atoms with Crippen molar-refractivity contribution in [2.24, 2.45) is 0 Å². The molecule has 0 spiro atoms. The molecule has 2 atom stereocenters. The van der Waals surface area contributed by atoms with Crippen molar-refractivity contribution in [2.45, 2.75) is 64.6 Å². The molecule has 12 rings (SSSR count). The van der Waals surface area contributed by atoms with Gasteiger partial charge in [-0.05, 0) is 126 Å². The molecule has 0 saturated heterocycles. The second-order valence-corrected chi connectivity index (χ2v) is 20.9. The van der Waals surface area contributed by atoms with E-state index in [0.29, 0.717) is 78.9 Å². The second-order valence-electron chi connectivity index (χ2n) is 19.6. The summed E-state index contributed by atoms with van der Waals surface area (Å²) in [6.45, 7) is 10.8. The maximum Gasteiger partial charge on any atom is 1.00 e. The largest absolute Gasteiger partial charge is 1.00 e. The molecule has 29 heteroatoms. The summed E-state index contributed by atoms with van der Waals surface area (Å²) in [6, 6.07) is 35.3. The van der Waals surface area contributed by atoms with Gasteiger partial charge in [0.25, 0.3) is 17.6 Å². The Morgan fingerprint density at radius 1 is 0.637 bits per heavy atom. The maximum atomic E-state index is 15.0. The summed E-state index contributed by atoms with van der Waals surface area (Å²) in [5.74, 6) is -0.605. The van der Waals surface area contributed by atoms with Crippen molar-refractivity contribution in [3.05, 3.63) is 202 Å². The topological polar surface area (TPSA) is 288 Å². The van der Waals surface area contributed by atoms with Crippen LogP contribution >= 0.6 is 15.9 Å². The number of nitrogens with two attached hydrogens (primary N) is 2. The van der Waals surface area contributed by atoms with Gasteiger partial charge in [0.2, 0.25) is 0 Å². The normalized spacial score (nSPS) is 11.5.